The van der Waals surface area contributed by atoms with Gasteiger partial charge in [0.1, 0.15) is 19.0 Å². The zero-order valence-electron chi connectivity index (χ0n) is 16.5. The van der Waals surface area contributed by atoms with Crippen LogP contribution in [0.15, 0.2) is 65.9 Å². The van der Waals surface area contributed by atoms with Gasteiger partial charge in [-0.3, -0.25) is 10.1 Å². The Morgan fingerprint density at radius 2 is 1.90 bits per heavy atom. The Balaban J connectivity index is 1.77. The number of rotatable bonds is 7. The van der Waals surface area contributed by atoms with Crippen LogP contribution in [0.1, 0.15) is 18.5 Å². The predicted molar refractivity (Wildman–Crippen MR) is 108 cm³/mol. The third kappa shape index (κ3) is 4.57. The first-order chi connectivity index (χ1) is 14.4. The van der Waals surface area contributed by atoms with E-state index in [-0.39, 0.29) is 24.5 Å². The lowest BCUT2D eigenvalue weighted by molar-refractivity contribution is -0.384. The molecule has 1 N–H and O–H groups in total. The van der Waals surface area contributed by atoms with E-state index < -0.39 is 23.0 Å². The van der Waals surface area contributed by atoms with Crippen LogP contribution in [0.3, 0.4) is 0 Å². The summed E-state index contributed by atoms with van der Waals surface area (Å²) in [6.07, 6.45) is 0. The number of para-hydroxylation sites is 1. The number of nitrogens with one attached hydrogen (secondary N) is 1. The van der Waals surface area contributed by atoms with E-state index >= 15 is 0 Å². The number of esters is 1. The summed E-state index contributed by atoms with van der Waals surface area (Å²) < 4.78 is 10.9. The van der Waals surface area contributed by atoms with E-state index in [0.29, 0.717) is 17.0 Å². The Morgan fingerprint density at radius 3 is 2.60 bits per heavy atom. The fourth-order valence-electron chi connectivity index (χ4n) is 3.06. The molecule has 9 nitrogen and oxygen atoms in total. The van der Waals surface area contributed by atoms with Crippen molar-refractivity contribution in [3.05, 3.63) is 81.5 Å². The summed E-state index contributed by atoms with van der Waals surface area (Å²) >= 11 is 0. The first-order valence-electron chi connectivity index (χ1n) is 9.23. The Morgan fingerprint density at radius 1 is 1.17 bits per heavy atom. The molecule has 2 aromatic rings. The van der Waals surface area contributed by atoms with Gasteiger partial charge in [-0.1, -0.05) is 30.3 Å². The van der Waals surface area contributed by atoms with Gasteiger partial charge in [0.05, 0.1) is 16.5 Å². The minimum atomic E-state index is -0.865. The van der Waals surface area contributed by atoms with E-state index in [1.54, 1.807) is 25.1 Å². The first-order valence-corrected chi connectivity index (χ1v) is 9.23. The molecule has 0 unspecified atom stereocenters. The van der Waals surface area contributed by atoms with Gasteiger partial charge in [0.2, 0.25) is 0 Å². The van der Waals surface area contributed by atoms with Crippen LogP contribution >= 0.6 is 0 Å². The lowest BCUT2D eigenvalue weighted by Gasteiger charge is -2.33. The van der Waals surface area contributed by atoms with Gasteiger partial charge in [0.15, 0.2) is 0 Å². The second-order valence-electron chi connectivity index (χ2n) is 6.59. The second kappa shape index (κ2) is 9.08. The minimum Gasteiger partial charge on any atom is -0.490 e. The molecule has 2 aromatic carbocycles. The number of carbonyl (C=O) groups is 2. The van der Waals surface area contributed by atoms with Gasteiger partial charge in [0.25, 0.3) is 5.69 Å². The Bertz CT molecular complexity index is 989. The fourth-order valence-corrected chi connectivity index (χ4v) is 3.06. The number of ether oxygens (including phenoxy) is 2. The smallest absolute Gasteiger partial charge is 0.338 e. The highest BCUT2D eigenvalue weighted by Gasteiger charge is 2.35. The highest BCUT2D eigenvalue weighted by Crippen LogP contribution is 2.32. The van der Waals surface area contributed by atoms with E-state index in [2.05, 4.69) is 5.32 Å². The maximum absolute atomic E-state index is 12.8. The van der Waals surface area contributed by atoms with Gasteiger partial charge in [-0.05, 0) is 24.6 Å². The lowest BCUT2D eigenvalue weighted by Crippen LogP contribution is -2.46. The number of nitro groups is 1. The van der Waals surface area contributed by atoms with E-state index in [4.69, 9.17) is 9.47 Å². The summed E-state index contributed by atoms with van der Waals surface area (Å²) in [6.45, 7) is 1.79. The summed E-state index contributed by atoms with van der Waals surface area (Å²) in [5.74, 6) is 0.0237. The molecule has 0 aromatic heterocycles. The molecule has 0 spiro atoms. The average molecular weight is 411 g/mol. The van der Waals surface area contributed by atoms with Gasteiger partial charge in [-0.25, -0.2) is 9.59 Å². The van der Waals surface area contributed by atoms with Crippen molar-refractivity contribution in [3.8, 4) is 5.75 Å². The number of amides is 2. The molecular weight excluding hydrogens is 390 g/mol. The van der Waals surface area contributed by atoms with Crippen LogP contribution in [0.5, 0.6) is 5.75 Å². The number of non-ortho nitro benzene ring substituents is 1. The van der Waals surface area contributed by atoms with Crippen molar-refractivity contribution in [2.75, 3.05) is 20.3 Å². The molecule has 0 bridgehead atoms. The summed E-state index contributed by atoms with van der Waals surface area (Å²) in [6, 6.07) is 13.6. The molecule has 0 fully saturated rings. The number of allylic oxidation sites excluding steroid dienone is 1. The lowest BCUT2D eigenvalue weighted by atomic mass is 9.95. The molecule has 0 saturated carbocycles. The minimum absolute atomic E-state index is 0.00380. The first kappa shape index (κ1) is 20.8. The molecule has 1 atom stereocenters. The molecule has 0 radical (unpaired) electrons. The number of nitrogens with zero attached hydrogens (tertiary/aromatic N) is 2. The van der Waals surface area contributed by atoms with E-state index in [9.17, 15) is 19.7 Å². The number of hydrogen-bond acceptors (Lipinski definition) is 6. The van der Waals surface area contributed by atoms with Crippen LogP contribution in [-0.2, 0) is 9.53 Å². The highest BCUT2D eigenvalue weighted by atomic mass is 16.6. The maximum atomic E-state index is 12.8. The van der Waals surface area contributed by atoms with Crippen LogP contribution in [-0.4, -0.2) is 42.1 Å². The Kier molecular flexibility index (Phi) is 6.31. The molecule has 0 saturated heterocycles. The molecule has 156 valence electrons. The number of benzene rings is 2. The van der Waals surface area contributed by atoms with Crippen molar-refractivity contribution >= 4 is 17.7 Å². The number of nitro benzene ring substituents is 1. The van der Waals surface area contributed by atoms with Crippen molar-refractivity contribution in [3.63, 3.8) is 0 Å². The molecular formula is C21H21N3O6. The van der Waals surface area contributed by atoms with Crippen molar-refractivity contribution in [2.24, 2.45) is 0 Å². The van der Waals surface area contributed by atoms with Crippen LogP contribution in [0, 0.1) is 10.1 Å². The summed E-state index contributed by atoms with van der Waals surface area (Å²) in [7, 11) is 1.53. The molecule has 3 rings (SSSR count). The summed E-state index contributed by atoms with van der Waals surface area (Å²) in [5.41, 5.74) is 0.890. The number of urea groups is 1. The second-order valence-corrected chi connectivity index (χ2v) is 6.59. The number of carbonyl (C=O) groups excluding carboxylic acids is 2. The van der Waals surface area contributed by atoms with Gasteiger partial charge < -0.3 is 19.7 Å². The van der Waals surface area contributed by atoms with Gasteiger partial charge in [-0.15, -0.1) is 0 Å². The van der Waals surface area contributed by atoms with Crippen molar-refractivity contribution < 1.29 is 24.0 Å². The molecule has 0 aliphatic carbocycles. The van der Waals surface area contributed by atoms with Crippen LogP contribution < -0.4 is 10.1 Å². The standard InChI is InChI=1S/C21H21N3O6/c1-14-18(20(25)30-12-11-29-17-9-4-3-5-10-17)19(22-21(26)23(14)2)15-7-6-8-16(13-15)24(27)28/h3-10,13,19H,11-12H2,1-2H3,(H,22,26)/t19-/m0/s1. The van der Waals surface area contributed by atoms with Crippen molar-refractivity contribution in [1.29, 1.82) is 0 Å². The Hall–Kier alpha value is -3.88. The van der Waals surface area contributed by atoms with Gasteiger partial charge in [0, 0.05) is 24.9 Å². The zero-order valence-corrected chi connectivity index (χ0v) is 16.5. The third-order valence-corrected chi connectivity index (χ3v) is 4.72. The molecule has 1 aliphatic rings. The van der Waals surface area contributed by atoms with E-state index in [1.807, 2.05) is 18.2 Å². The predicted octanol–water partition coefficient (Wildman–Crippen LogP) is 3.19. The topological polar surface area (TPSA) is 111 Å². The Labute approximate surface area is 173 Å². The van der Waals surface area contributed by atoms with Crippen LogP contribution in [0.4, 0.5) is 10.5 Å². The van der Waals surface area contributed by atoms with E-state index in [0.717, 1.165) is 0 Å². The summed E-state index contributed by atoms with van der Waals surface area (Å²) in [5, 5.41) is 13.8. The van der Waals surface area contributed by atoms with Gasteiger partial charge in [-0.2, -0.15) is 0 Å². The zero-order chi connectivity index (χ0) is 21.7. The van der Waals surface area contributed by atoms with Crippen LogP contribution in [0.2, 0.25) is 0 Å². The largest absolute Gasteiger partial charge is 0.490 e. The normalized spacial score (nSPS) is 16.1. The molecule has 2 amide bonds. The monoisotopic (exact) mass is 411 g/mol. The average Bonchev–Trinajstić information content (AvgIpc) is 2.75. The third-order valence-electron chi connectivity index (χ3n) is 4.72. The summed E-state index contributed by atoms with van der Waals surface area (Å²) in [4.78, 5) is 37.0. The highest BCUT2D eigenvalue weighted by molar-refractivity contribution is 5.95. The maximum Gasteiger partial charge on any atom is 0.338 e. The number of hydrogen-bond donors (Lipinski definition) is 1. The van der Waals surface area contributed by atoms with Gasteiger partial charge >= 0.3 is 12.0 Å². The SMILES string of the molecule is CC1=C(C(=O)OCCOc2ccccc2)[C@H](c2cccc([N+](=O)[O-])c2)NC(=O)N1C. The quantitative estimate of drug-likeness (QED) is 0.324. The van der Waals surface area contributed by atoms with Crippen molar-refractivity contribution in [2.45, 2.75) is 13.0 Å². The molecule has 1 aliphatic heterocycles. The molecule has 30 heavy (non-hydrogen) atoms. The van der Waals surface area contributed by atoms with E-state index in [1.165, 1.54) is 30.1 Å². The fraction of sp³-hybridized carbons (Fsp3) is 0.238. The van der Waals surface area contributed by atoms with Crippen LogP contribution in [0.25, 0.3) is 0 Å². The molecule has 1 heterocycles. The molecule has 9 heteroatoms. The van der Waals surface area contributed by atoms with Crippen molar-refractivity contribution in [1.82, 2.24) is 10.2 Å².